The molecule has 0 saturated carbocycles. The zero-order valence-corrected chi connectivity index (χ0v) is 12.8. The molecule has 0 radical (unpaired) electrons. The second-order valence-electron chi connectivity index (χ2n) is 5.40. The lowest BCUT2D eigenvalue weighted by molar-refractivity contribution is -0.384. The number of rotatable bonds is 3. The molecule has 0 aliphatic heterocycles. The van der Waals surface area contributed by atoms with Crippen LogP contribution in [0, 0.1) is 10.1 Å². The third kappa shape index (κ3) is 2.67. The van der Waals surface area contributed by atoms with E-state index in [0.29, 0.717) is 33.8 Å². The molecule has 0 amide bonds. The molecule has 25 heavy (non-hydrogen) atoms. The van der Waals surface area contributed by atoms with Gasteiger partial charge >= 0.3 is 0 Å². The summed E-state index contributed by atoms with van der Waals surface area (Å²) in [7, 11) is 0. The van der Waals surface area contributed by atoms with E-state index in [1.54, 1.807) is 42.5 Å². The normalized spacial score (nSPS) is 10.9. The van der Waals surface area contributed by atoms with Crippen molar-refractivity contribution in [3.05, 3.63) is 81.1 Å². The molecule has 1 N–H and O–H groups in total. The van der Waals surface area contributed by atoms with Crippen LogP contribution in [-0.2, 0) is 0 Å². The van der Waals surface area contributed by atoms with Gasteiger partial charge in [0, 0.05) is 17.7 Å². The van der Waals surface area contributed by atoms with Crippen molar-refractivity contribution >= 4 is 16.6 Å². The Kier molecular flexibility index (Phi) is 3.39. The number of aromatic amines is 1. The molecule has 7 heteroatoms. The third-order valence-electron chi connectivity index (χ3n) is 3.81. The number of nitrogens with one attached hydrogen (secondary N) is 1. The smallest absolute Gasteiger partial charge is 0.269 e. The van der Waals surface area contributed by atoms with Crippen LogP contribution in [0.5, 0.6) is 0 Å². The summed E-state index contributed by atoms with van der Waals surface area (Å²) in [5.41, 5.74) is 1.04. The van der Waals surface area contributed by atoms with Crippen LogP contribution in [0.1, 0.15) is 0 Å². The number of nitrogens with zero attached hydrogens (tertiary/aromatic N) is 2. The molecule has 0 saturated heterocycles. The van der Waals surface area contributed by atoms with E-state index in [9.17, 15) is 14.9 Å². The molecule has 122 valence electrons. The van der Waals surface area contributed by atoms with Gasteiger partial charge in [-0.1, -0.05) is 12.1 Å². The molecule has 7 nitrogen and oxygen atoms in total. The number of fused-ring (bicyclic) bond motifs is 1. The van der Waals surface area contributed by atoms with Gasteiger partial charge in [0.25, 0.3) is 11.2 Å². The number of aromatic nitrogens is 2. The summed E-state index contributed by atoms with van der Waals surface area (Å²) in [6.07, 6.45) is 0. The number of hydrogen-bond donors (Lipinski definition) is 1. The first-order chi connectivity index (χ1) is 12.1. The summed E-state index contributed by atoms with van der Waals surface area (Å²) in [4.78, 5) is 29.5. The zero-order valence-electron chi connectivity index (χ0n) is 12.8. The minimum atomic E-state index is -0.457. The van der Waals surface area contributed by atoms with Crippen LogP contribution in [0.3, 0.4) is 0 Å². The number of nitro benzene ring substituents is 1. The fourth-order valence-electron chi connectivity index (χ4n) is 2.57. The average Bonchev–Trinajstić information content (AvgIpc) is 3.12. The van der Waals surface area contributed by atoms with Crippen molar-refractivity contribution in [2.45, 2.75) is 0 Å². The van der Waals surface area contributed by atoms with Gasteiger partial charge in [0.15, 0.2) is 11.6 Å². The largest absolute Gasteiger partial charge is 0.453 e. The molecule has 0 aliphatic carbocycles. The molecule has 0 spiro atoms. The van der Waals surface area contributed by atoms with E-state index in [1.165, 1.54) is 12.1 Å². The molecular formula is C18H11N3O4. The summed E-state index contributed by atoms with van der Waals surface area (Å²) >= 11 is 0. The van der Waals surface area contributed by atoms with E-state index < -0.39 is 4.92 Å². The monoisotopic (exact) mass is 333 g/mol. The second kappa shape index (κ2) is 5.72. The van der Waals surface area contributed by atoms with Gasteiger partial charge in [0.1, 0.15) is 5.76 Å². The van der Waals surface area contributed by atoms with Crippen molar-refractivity contribution in [2.24, 2.45) is 0 Å². The molecule has 0 aliphatic rings. The van der Waals surface area contributed by atoms with Gasteiger partial charge in [0.05, 0.1) is 15.8 Å². The highest BCUT2D eigenvalue weighted by molar-refractivity contribution is 5.79. The zero-order chi connectivity index (χ0) is 17.4. The molecule has 2 aromatic heterocycles. The lowest BCUT2D eigenvalue weighted by Gasteiger charge is -2.00. The first kappa shape index (κ1) is 14.8. The number of furan rings is 1. The van der Waals surface area contributed by atoms with Crippen molar-refractivity contribution in [2.75, 3.05) is 0 Å². The van der Waals surface area contributed by atoms with Gasteiger partial charge in [0.2, 0.25) is 0 Å². The van der Waals surface area contributed by atoms with E-state index in [-0.39, 0.29) is 11.2 Å². The lowest BCUT2D eigenvalue weighted by Crippen LogP contribution is -2.08. The minimum Gasteiger partial charge on any atom is -0.453 e. The Balaban J connectivity index is 1.74. The van der Waals surface area contributed by atoms with Crippen LogP contribution in [-0.4, -0.2) is 14.9 Å². The van der Waals surface area contributed by atoms with Crippen molar-refractivity contribution in [3.63, 3.8) is 0 Å². The maximum Gasteiger partial charge on any atom is 0.269 e. The third-order valence-corrected chi connectivity index (χ3v) is 3.81. The SMILES string of the molecule is O=c1[nH]c(-c2ccc(-c3ccc([N+](=O)[O-])cc3)o2)nc2ccccc12. The van der Waals surface area contributed by atoms with E-state index >= 15 is 0 Å². The van der Waals surface area contributed by atoms with Crippen LogP contribution in [0.25, 0.3) is 33.8 Å². The Morgan fingerprint density at radius 3 is 2.44 bits per heavy atom. The van der Waals surface area contributed by atoms with Gasteiger partial charge in [-0.15, -0.1) is 0 Å². The van der Waals surface area contributed by atoms with Crippen LogP contribution < -0.4 is 5.56 Å². The Hall–Kier alpha value is -3.74. The summed E-state index contributed by atoms with van der Waals surface area (Å²) in [5, 5.41) is 11.2. The molecular weight excluding hydrogens is 322 g/mol. The molecule has 4 rings (SSSR count). The lowest BCUT2D eigenvalue weighted by atomic mass is 10.1. The Bertz CT molecular complexity index is 1140. The summed E-state index contributed by atoms with van der Waals surface area (Å²) in [6, 6.07) is 16.5. The highest BCUT2D eigenvalue weighted by Crippen LogP contribution is 2.28. The molecule has 2 heterocycles. The molecule has 0 atom stereocenters. The first-order valence-corrected chi connectivity index (χ1v) is 7.46. The van der Waals surface area contributed by atoms with Crippen molar-refractivity contribution in [3.8, 4) is 22.9 Å². The van der Waals surface area contributed by atoms with Gasteiger partial charge < -0.3 is 9.40 Å². The number of non-ortho nitro benzene ring substituents is 1. The fourth-order valence-corrected chi connectivity index (χ4v) is 2.57. The van der Waals surface area contributed by atoms with E-state index in [1.807, 2.05) is 6.07 Å². The van der Waals surface area contributed by atoms with Gasteiger partial charge in [-0.05, 0) is 36.4 Å². The predicted octanol–water partition coefficient (Wildman–Crippen LogP) is 3.76. The molecule has 2 aromatic carbocycles. The first-order valence-electron chi connectivity index (χ1n) is 7.46. The van der Waals surface area contributed by atoms with Crippen LogP contribution in [0.4, 0.5) is 5.69 Å². The van der Waals surface area contributed by atoms with Crippen molar-refractivity contribution in [1.82, 2.24) is 9.97 Å². The second-order valence-corrected chi connectivity index (χ2v) is 5.40. The molecule has 0 fully saturated rings. The van der Waals surface area contributed by atoms with E-state index in [4.69, 9.17) is 4.42 Å². The number of hydrogen-bond acceptors (Lipinski definition) is 5. The maximum atomic E-state index is 12.1. The number of H-pyrrole nitrogens is 1. The van der Waals surface area contributed by atoms with E-state index in [0.717, 1.165) is 0 Å². The Morgan fingerprint density at radius 1 is 0.960 bits per heavy atom. The number of para-hydroxylation sites is 1. The minimum absolute atomic E-state index is 0.0102. The highest BCUT2D eigenvalue weighted by Gasteiger charge is 2.12. The van der Waals surface area contributed by atoms with Crippen LogP contribution in [0.15, 0.2) is 69.9 Å². The Morgan fingerprint density at radius 2 is 1.68 bits per heavy atom. The van der Waals surface area contributed by atoms with Gasteiger partial charge in [-0.25, -0.2) is 4.98 Å². The molecule has 0 unspecified atom stereocenters. The molecule has 4 aromatic rings. The van der Waals surface area contributed by atoms with Crippen molar-refractivity contribution < 1.29 is 9.34 Å². The maximum absolute atomic E-state index is 12.1. The van der Waals surface area contributed by atoms with Crippen molar-refractivity contribution in [1.29, 1.82) is 0 Å². The Labute approximate surface area is 140 Å². The number of nitro groups is 1. The highest BCUT2D eigenvalue weighted by atomic mass is 16.6. The predicted molar refractivity (Wildman–Crippen MR) is 92.2 cm³/mol. The average molecular weight is 333 g/mol. The van der Waals surface area contributed by atoms with E-state index in [2.05, 4.69) is 9.97 Å². The summed E-state index contributed by atoms with van der Waals surface area (Å²) in [6.45, 7) is 0. The molecule has 0 bridgehead atoms. The van der Waals surface area contributed by atoms with Gasteiger partial charge in [-0.3, -0.25) is 14.9 Å². The van der Waals surface area contributed by atoms with Crippen LogP contribution >= 0.6 is 0 Å². The topological polar surface area (TPSA) is 102 Å². The summed E-state index contributed by atoms with van der Waals surface area (Å²) < 4.78 is 5.76. The van der Waals surface area contributed by atoms with Gasteiger partial charge in [-0.2, -0.15) is 0 Å². The fraction of sp³-hybridized carbons (Fsp3) is 0. The van der Waals surface area contributed by atoms with Crippen LogP contribution in [0.2, 0.25) is 0 Å². The quantitative estimate of drug-likeness (QED) is 0.454. The number of benzene rings is 2. The standard InChI is InChI=1S/C18H11N3O4/c22-18-13-3-1-2-4-14(13)19-17(20-18)16-10-9-15(25-16)11-5-7-12(8-6-11)21(23)24/h1-10H,(H,19,20,22). The summed E-state index contributed by atoms with van der Waals surface area (Å²) in [5.74, 6) is 1.27.